The van der Waals surface area contributed by atoms with E-state index in [0.29, 0.717) is 42.9 Å². The third kappa shape index (κ3) is 6.96. The fraction of sp³-hybridized carbons (Fsp3) is 0.393. The molecule has 0 aromatic heterocycles. The van der Waals surface area contributed by atoms with Crippen LogP contribution in [0.4, 0.5) is 0 Å². The van der Waals surface area contributed by atoms with E-state index in [2.05, 4.69) is 6.58 Å². The molecule has 196 valence electrons. The second kappa shape index (κ2) is 12.5. The molecule has 37 heavy (non-hydrogen) atoms. The molecule has 4 rings (SSSR count). The molecule has 2 aromatic carbocycles. The van der Waals surface area contributed by atoms with Gasteiger partial charge in [-0.2, -0.15) is 0 Å². The number of benzene rings is 2. The number of hydrogen-bond donors (Lipinski definition) is 0. The number of rotatable bonds is 11. The highest BCUT2D eigenvalue weighted by atomic mass is 16.7. The van der Waals surface area contributed by atoms with Gasteiger partial charge in [-0.1, -0.05) is 24.3 Å². The number of hydrogen-bond acceptors (Lipinski definition) is 9. The number of fused-ring (bicyclic) bond motifs is 1. The SMILES string of the molecule is C=CC(=O)OCCCCOc1ccc(C(=O)O[C@H]2COC3C2OC[C@H]3OC(=O)c2ccc(C)cc2)cc1. The minimum absolute atomic E-state index is 0.156. The lowest BCUT2D eigenvalue weighted by Crippen LogP contribution is -2.36. The van der Waals surface area contributed by atoms with Crippen LogP contribution in [0, 0.1) is 6.92 Å². The van der Waals surface area contributed by atoms with Gasteiger partial charge in [-0.25, -0.2) is 14.4 Å². The summed E-state index contributed by atoms with van der Waals surface area (Å²) in [4.78, 5) is 36.1. The predicted molar refractivity (Wildman–Crippen MR) is 131 cm³/mol. The Morgan fingerprint density at radius 3 is 1.89 bits per heavy atom. The molecule has 0 N–H and O–H groups in total. The van der Waals surface area contributed by atoms with Gasteiger partial charge in [-0.05, 0) is 56.2 Å². The van der Waals surface area contributed by atoms with Crippen molar-refractivity contribution in [3.8, 4) is 5.75 Å². The molecule has 2 saturated heterocycles. The Morgan fingerprint density at radius 1 is 0.838 bits per heavy atom. The number of carbonyl (C=O) groups is 3. The summed E-state index contributed by atoms with van der Waals surface area (Å²) in [6.07, 6.45) is 0.322. The maximum atomic E-state index is 12.7. The van der Waals surface area contributed by atoms with E-state index in [1.165, 1.54) is 0 Å². The molecule has 2 heterocycles. The quantitative estimate of drug-likeness (QED) is 0.194. The Hall–Kier alpha value is -3.69. The molecule has 2 unspecified atom stereocenters. The van der Waals surface area contributed by atoms with E-state index in [1.54, 1.807) is 36.4 Å². The first-order valence-electron chi connectivity index (χ1n) is 12.2. The van der Waals surface area contributed by atoms with Crippen LogP contribution in [0.25, 0.3) is 0 Å². The molecule has 2 fully saturated rings. The van der Waals surface area contributed by atoms with E-state index >= 15 is 0 Å². The minimum Gasteiger partial charge on any atom is -0.494 e. The van der Waals surface area contributed by atoms with E-state index in [1.807, 2.05) is 19.1 Å². The Morgan fingerprint density at radius 2 is 1.35 bits per heavy atom. The highest BCUT2D eigenvalue weighted by Gasteiger charge is 2.51. The van der Waals surface area contributed by atoms with Gasteiger partial charge in [-0.15, -0.1) is 0 Å². The Balaban J connectivity index is 1.20. The van der Waals surface area contributed by atoms with E-state index in [-0.39, 0.29) is 13.2 Å². The molecule has 0 saturated carbocycles. The zero-order chi connectivity index (χ0) is 26.2. The third-order valence-electron chi connectivity index (χ3n) is 6.08. The van der Waals surface area contributed by atoms with Gasteiger partial charge in [0.2, 0.25) is 0 Å². The molecule has 9 heteroatoms. The summed E-state index contributed by atoms with van der Waals surface area (Å²) in [7, 11) is 0. The number of unbranched alkanes of at least 4 members (excludes halogenated alkanes) is 1. The van der Waals surface area contributed by atoms with Gasteiger partial charge in [0, 0.05) is 6.08 Å². The van der Waals surface area contributed by atoms with Crippen molar-refractivity contribution in [2.24, 2.45) is 0 Å². The zero-order valence-corrected chi connectivity index (χ0v) is 20.6. The van der Waals surface area contributed by atoms with Gasteiger partial charge < -0.3 is 28.4 Å². The first-order chi connectivity index (χ1) is 17.9. The normalized spacial score (nSPS) is 22.1. The standard InChI is InChI=1S/C28H30O9/c1-3-24(29)33-15-5-4-14-32-21-12-10-20(11-13-21)28(31)37-23-17-35-25-22(16-34-26(23)25)36-27(30)19-8-6-18(2)7-9-19/h3,6-13,22-23,25-26H,1,4-5,14-17H2,2H3/t22-,23+,25?,26?/m1/s1. The van der Waals surface area contributed by atoms with E-state index < -0.39 is 42.3 Å². The second-order valence-corrected chi connectivity index (χ2v) is 8.80. The average Bonchev–Trinajstić information content (AvgIpc) is 3.49. The molecule has 4 atom stereocenters. The molecule has 2 aliphatic rings. The maximum absolute atomic E-state index is 12.7. The first kappa shape index (κ1) is 26.4. The topological polar surface area (TPSA) is 107 Å². The highest BCUT2D eigenvalue weighted by Crippen LogP contribution is 2.31. The van der Waals surface area contributed by atoms with Crippen LogP contribution in [0.2, 0.25) is 0 Å². The van der Waals surface area contributed by atoms with Gasteiger partial charge >= 0.3 is 17.9 Å². The molecule has 0 spiro atoms. The molecule has 0 aliphatic carbocycles. The van der Waals surface area contributed by atoms with Crippen molar-refractivity contribution < 1.29 is 42.8 Å². The van der Waals surface area contributed by atoms with Crippen LogP contribution < -0.4 is 4.74 Å². The van der Waals surface area contributed by atoms with Crippen molar-refractivity contribution in [3.05, 3.63) is 77.9 Å². The fourth-order valence-corrected chi connectivity index (χ4v) is 4.04. The van der Waals surface area contributed by atoms with Crippen LogP contribution in [0.3, 0.4) is 0 Å². The molecule has 2 aromatic rings. The predicted octanol–water partition coefficient (Wildman–Crippen LogP) is 3.43. The molecular weight excluding hydrogens is 480 g/mol. The Kier molecular flexibility index (Phi) is 8.92. The average molecular weight is 511 g/mol. The summed E-state index contributed by atoms with van der Waals surface area (Å²) in [6.45, 7) is 6.37. The fourth-order valence-electron chi connectivity index (χ4n) is 4.04. The van der Waals surface area contributed by atoms with Crippen molar-refractivity contribution in [2.45, 2.75) is 44.2 Å². The van der Waals surface area contributed by atoms with Crippen molar-refractivity contribution >= 4 is 17.9 Å². The number of esters is 3. The summed E-state index contributed by atoms with van der Waals surface area (Å²) in [5.74, 6) is -0.782. The summed E-state index contributed by atoms with van der Waals surface area (Å²) in [6, 6.07) is 13.7. The minimum atomic E-state index is -0.605. The van der Waals surface area contributed by atoms with Gasteiger partial charge in [0.25, 0.3) is 0 Å². The van der Waals surface area contributed by atoms with E-state index in [9.17, 15) is 14.4 Å². The van der Waals surface area contributed by atoms with Gasteiger partial charge in [0.05, 0.1) is 37.6 Å². The van der Waals surface area contributed by atoms with E-state index in [4.69, 9.17) is 28.4 Å². The molecule has 0 radical (unpaired) electrons. The summed E-state index contributed by atoms with van der Waals surface area (Å²) in [5.41, 5.74) is 1.87. The number of ether oxygens (including phenoxy) is 6. The van der Waals surface area contributed by atoms with Crippen LogP contribution in [0.15, 0.2) is 61.2 Å². The van der Waals surface area contributed by atoms with Crippen molar-refractivity contribution in [1.29, 1.82) is 0 Å². The summed E-state index contributed by atoms with van der Waals surface area (Å²) < 4.78 is 33.3. The lowest BCUT2D eigenvalue weighted by molar-refractivity contribution is -0.137. The first-order valence-corrected chi connectivity index (χ1v) is 12.2. The number of aryl methyl sites for hydroxylation is 1. The summed E-state index contributed by atoms with van der Waals surface area (Å²) >= 11 is 0. The highest BCUT2D eigenvalue weighted by molar-refractivity contribution is 5.90. The molecular formula is C28H30O9. The summed E-state index contributed by atoms with van der Waals surface area (Å²) in [5, 5.41) is 0. The largest absolute Gasteiger partial charge is 0.494 e. The van der Waals surface area contributed by atoms with Crippen LogP contribution in [0.1, 0.15) is 39.1 Å². The Labute approximate surface area is 215 Å². The molecule has 9 nitrogen and oxygen atoms in total. The van der Waals surface area contributed by atoms with Crippen molar-refractivity contribution in [2.75, 3.05) is 26.4 Å². The maximum Gasteiger partial charge on any atom is 0.338 e. The number of carbonyl (C=O) groups excluding carboxylic acids is 3. The van der Waals surface area contributed by atoms with Gasteiger partial charge in [0.1, 0.15) is 18.0 Å². The van der Waals surface area contributed by atoms with Crippen molar-refractivity contribution in [3.63, 3.8) is 0 Å². The van der Waals surface area contributed by atoms with E-state index in [0.717, 1.165) is 11.6 Å². The zero-order valence-electron chi connectivity index (χ0n) is 20.6. The smallest absolute Gasteiger partial charge is 0.338 e. The van der Waals surface area contributed by atoms with Crippen LogP contribution >= 0.6 is 0 Å². The van der Waals surface area contributed by atoms with Gasteiger partial charge in [0.15, 0.2) is 12.2 Å². The molecule has 0 amide bonds. The molecule has 0 bridgehead atoms. The Bertz CT molecular complexity index is 1090. The van der Waals surface area contributed by atoms with Crippen LogP contribution in [0.5, 0.6) is 5.75 Å². The van der Waals surface area contributed by atoms with Crippen molar-refractivity contribution in [1.82, 2.24) is 0 Å². The van der Waals surface area contributed by atoms with Gasteiger partial charge in [-0.3, -0.25) is 0 Å². The lowest BCUT2D eigenvalue weighted by atomic mass is 10.1. The monoisotopic (exact) mass is 510 g/mol. The van der Waals surface area contributed by atoms with Crippen LogP contribution in [-0.2, 0) is 28.5 Å². The van der Waals surface area contributed by atoms with Crippen LogP contribution in [-0.4, -0.2) is 68.8 Å². The molecule has 2 aliphatic heterocycles. The lowest BCUT2D eigenvalue weighted by Gasteiger charge is -2.17. The third-order valence-corrected chi connectivity index (χ3v) is 6.08. The second-order valence-electron chi connectivity index (χ2n) is 8.80.